The van der Waals surface area contributed by atoms with Crippen LogP contribution in [0.2, 0.25) is 0 Å². The van der Waals surface area contributed by atoms with E-state index in [9.17, 15) is 0 Å². The molecule has 1 fully saturated rings. The fourth-order valence-electron chi connectivity index (χ4n) is 3.75. The van der Waals surface area contributed by atoms with E-state index in [1.165, 1.54) is 36.1 Å². The molecule has 22 heavy (non-hydrogen) atoms. The molecule has 1 aromatic carbocycles. The fourth-order valence-corrected chi connectivity index (χ4v) is 4.34. The van der Waals surface area contributed by atoms with Crippen LogP contribution >= 0.6 is 11.8 Å². The van der Waals surface area contributed by atoms with Gasteiger partial charge in [-0.05, 0) is 43.7 Å². The van der Waals surface area contributed by atoms with Gasteiger partial charge < -0.3 is 15.5 Å². The summed E-state index contributed by atoms with van der Waals surface area (Å²) in [7, 11) is 2.06. The summed E-state index contributed by atoms with van der Waals surface area (Å²) < 4.78 is 0. The molecule has 1 unspecified atom stereocenters. The van der Waals surface area contributed by atoms with Crippen LogP contribution in [0.3, 0.4) is 0 Å². The summed E-state index contributed by atoms with van der Waals surface area (Å²) in [5, 5.41) is 4.41. The van der Waals surface area contributed by atoms with E-state index in [1.807, 2.05) is 0 Å². The van der Waals surface area contributed by atoms with Gasteiger partial charge in [-0.1, -0.05) is 24.1 Å². The molecule has 1 aromatic rings. The van der Waals surface area contributed by atoms with Crippen LogP contribution in [0.15, 0.2) is 28.3 Å². The lowest BCUT2D eigenvalue weighted by molar-refractivity contribution is -0.123. The highest BCUT2D eigenvalue weighted by Crippen LogP contribution is 2.41. The highest BCUT2D eigenvalue weighted by molar-refractivity contribution is 7.98. The minimum absolute atomic E-state index is 0.460. The summed E-state index contributed by atoms with van der Waals surface area (Å²) in [6.45, 7) is 2.61. The number of amidine groups is 1. The maximum Gasteiger partial charge on any atom is 0.226 e. The van der Waals surface area contributed by atoms with Crippen molar-refractivity contribution in [2.75, 3.05) is 19.8 Å². The molecule has 1 heterocycles. The first-order chi connectivity index (χ1) is 10.6. The third kappa shape index (κ3) is 2.40. The van der Waals surface area contributed by atoms with E-state index in [0.717, 1.165) is 11.4 Å². The lowest BCUT2D eigenvalue weighted by atomic mass is 9.92. The van der Waals surface area contributed by atoms with E-state index in [4.69, 9.17) is 10.6 Å². The van der Waals surface area contributed by atoms with Gasteiger partial charge in [-0.25, -0.2) is 0 Å². The molecular weight excluding hydrogens is 294 g/mol. The quantitative estimate of drug-likeness (QED) is 0.866. The Kier molecular flexibility index (Phi) is 4.37. The molecule has 0 spiro atoms. The van der Waals surface area contributed by atoms with Crippen LogP contribution in [0.1, 0.15) is 36.8 Å². The Balaban J connectivity index is 1.88. The summed E-state index contributed by atoms with van der Waals surface area (Å²) in [5.41, 5.74) is 8.02. The minimum Gasteiger partial charge on any atom is -0.363 e. The van der Waals surface area contributed by atoms with Gasteiger partial charge >= 0.3 is 0 Å². The summed E-state index contributed by atoms with van der Waals surface area (Å²) in [4.78, 5) is 9.39. The monoisotopic (exact) mass is 319 g/mol. The van der Waals surface area contributed by atoms with Crippen LogP contribution in [-0.4, -0.2) is 36.3 Å². The highest BCUT2D eigenvalue weighted by atomic mass is 32.2. The summed E-state index contributed by atoms with van der Waals surface area (Å²) >= 11 is 1.77. The number of hydrogen-bond acceptors (Lipinski definition) is 5. The van der Waals surface area contributed by atoms with Crippen molar-refractivity contribution in [2.24, 2.45) is 16.8 Å². The summed E-state index contributed by atoms with van der Waals surface area (Å²) in [5.74, 6) is 1.36. The molecule has 3 rings (SSSR count). The topological polar surface area (TPSA) is 50.9 Å². The number of likely N-dealkylation sites (N-methyl/N-ethyl adjacent to an activating group) is 1. The average Bonchev–Trinajstić information content (AvgIpc) is 3.16. The van der Waals surface area contributed by atoms with E-state index in [1.54, 1.807) is 11.8 Å². The molecule has 0 aromatic heterocycles. The first kappa shape index (κ1) is 15.7. The van der Waals surface area contributed by atoms with Crippen LogP contribution in [0.25, 0.3) is 0 Å². The molecule has 1 atom stereocenters. The second-order valence-corrected chi connectivity index (χ2v) is 7.13. The molecular formula is C17H25N3OS. The van der Waals surface area contributed by atoms with Gasteiger partial charge in [-0.15, -0.1) is 11.8 Å². The number of hydrogen-bond donors (Lipinski definition) is 1. The zero-order chi connectivity index (χ0) is 15.7. The predicted molar refractivity (Wildman–Crippen MR) is 92.1 cm³/mol. The number of nitrogens with two attached hydrogens (primary N) is 1. The SMILES string of the molecule is CSc1ccc(C2=NOC(CN)(C3CCCC3)N2C)cc1C. The van der Waals surface area contributed by atoms with Gasteiger partial charge in [-0.2, -0.15) is 0 Å². The van der Waals surface area contributed by atoms with Crippen LogP contribution in [0, 0.1) is 12.8 Å². The first-order valence-electron chi connectivity index (χ1n) is 7.97. The van der Waals surface area contributed by atoms with Crippen molar-refractivity contribution >= 4 is 17.6 Å². The Labute approximate surface area is 137 Å². The molecule has 0 bridgehead atoms. The molecule has 1 saturated carbocycles. The molecule has 120 valence electrons. The molecule has 0 radical (unpaired) electrons. The Morgan fingerprint density at radius 3 is 2.73 bits per heavy atom. The molecule has 5 heteroatoms. The van der Waals surface area contributed by atoms with Gasteiger partial charge in [0, 0.05) is 23.4 Å². The van der Waals surface area contributed by atoms with Gasteiger partial charge in [-0.3, -0.25) is 0 Å². The molecule has 2 N–H and O–H groups in total. The van der Waals surface area contributed by atoms with E-state index >= 15 is 0 Å². The number of aryl methyl sites for hydroxylation is 1. The van der Waals surface area contributed by atoms with Crippen LogP contribution in [-0.2, 0) is 4.84 Å². The zero-order valence-corrected chi connectivity index (χ0v) is 14.4. The van der Waals surface area contributed by atoms with Gasteiger partial charge in [0.25, 0.3) is 0 Å². The predicted octanol–water partition coefficient (Wildman–Crippen LogP) is 3.19. The third-order valence-electron chi connectivity index (χ3n) is 5.11. The van der Waals surface area contributed by atoms with Crippen molar-refractivity contribution in [1.29, 1.82) is 0 Å². The second kappa shape index (κ2) is 6.13. The van der Waals surface area contributed by atoms with Crippen molar-refractivity contribution < 1.29 is 4.84 Å². The number of thioether (sulfide) groups is 1. The second-order valence-electron chi connectivity index (χ2n) is 6.28. The van der Waals surface area contributed by atoms with Crippen molar-refractivity contribution in [1.82, 2.24) is 4.90 Å². The standard InChI is InChI=1S/C17H25N3OS/c1-12-10-13(8-9-15(12)22-3)16-19-21-17(11-18,20(16)2)14-6-4-5-7-14/h8-10,14H,4-7,11,18H2,1-3H3. The molecule has 0 saturated heterocycles. The highest BCUT2D eigenvalue weighted by Gasteiger charge is 2.50. The number of oxime groups is 1. The van der Waals surface area contributed by atoms with Crippen LogP contribution in [0.5, 0.6) is 0 Å². The van der Waals surface area contributed by atoms with Gasteiger partial charge in [0.15, 0.2) is 5.84 Å². The maximum atomic E-state index is 6.11. The Morgan fingerprint density at radius 2 is 2.14 bits per heavy atom. The molecule has 0 amide bonds. The number of nitrogens with zero attached hydrogens (tertiary/aromatic N) is 2. The molecule has 2 aliphatic rings. The van der Waals surface area contributed by atoms with E-state index < -0.39 is 5.72 Å². The lowest BCUT2D eigenvalue weighted by Gasteiger charge is -2.38. The van der Waals surface area contributed by atoms with Crippen LogP contribution < -0.4 is 5.73 Å². The summed E-state index contributed by atoms with van der Waals surface area (Å²) in [6, 6.07) is 6.47. The third-order valence-corrected chi connectivity index (χ3v) is 6.01. The van der Waals surface area contributed by atoms with Crippen LogP contribution in [0.4, 0.5) is 0 Å². The zero-order valence-electron chi connectivity index (χ0n) is 13.6. The molecule has 4 nitrogen and oxygen atoms in total. The largest absolute Gasteiger partial charge is 0.363 e. The normalized spacial score (nSPS) is 25.5. The van der Waals surface area contributed by atoms with Crippen molar-refractivity contribution in [3.05, 3.63) is 29.3 Å². The van der Waals surface area contributed by atoms with Crippen molar-refractivity contribution in [2.45, 2.75) is 43.2 Å². The molecule has 1 aliphatic heterocycles. The van der Waals surface area contributed by atoms with Crippen molar-refractivity contribution in [3.63, 3.8) is 0 Å². The van der Waals surface area contributed by atoms with E-state index in [2.05, 4.69) is 48.5 Å². The maximum absolute atomic E-state index is 6.11. The fraction of sp³-hybridized carbons (Fsp3) is 0.588. The minimum atomic E-state index is -0.460. The summed E-state index contributed by atoms with van der Waals surface area (Å²) in [6.07, 6.45) is 6.98. The lowest BCUT2D eigenvalue weighted by Crippen LogP contribution is -2.56. The van der Waals surface area contributed by atoms with Crippen molar-refractivity contribution in [3.8, 4) is 0 Å². The number of rotatable bonds is 4. The van der Waals surface area contributed by atoms with Gasteiger partial charge in [0.05, 0.1) is 6.54 Å². The average molecular weight is 319 g/mol. The van der Waals surface area contributed by atoms with E-state index in [0.29, 0.717) is 12.5 Å². The Morgan fingerprint density at radius 1 is 1.41 bits per heavy atom. The number of benzene rings is 1. The smallest absolute Gasteiger partial charge is 0.226 e. The van der Waals surface area contributed by atoms with E-state index in [-0.39, 0.29) is 0 Å². The Bertz CT molecular complexity index is 583. The van der Waals surface area contributed by atoms with Gasteiger partial charge in [0.1, 0.15) is 0 Å². The first-order valence-corrected chi connectivity index (χ1v) is 9.20. The Hall–Kier alpha value is -1.20. The molecule has 1 aliphatic carbocycles. The van der Waals surface area contributed by atoms with Gasteiger partial charge in [0.2, 0.25) is 5.72 Å².